The van der Waals surface area contributed by atoms with E-state index >= 15 is 0 Å². The van der Waals surface area contributed by atoms with E-state index in [4.69, 9.17) is 9.47 Å². The van der Waals surface area contributed by atoms with Crippen LogP contribution in [-0.2, 0) is 19.6 Å². The lowest BCUT2D eigenvalue weighted by Crippen LogP contribution is -2.44. The second-order valence-electron chi connectivity index (χ2n) is 11.4. The average molecular weight is 590 g/mol. The topological polar surface area (TPSA) is 88.2 Å². The van der Waals surface area contributed by atoms with E-state index in [0.717, 1.165) is 50.5 Å². The first-order valence-electron chi connectivity index (χ1n) is 14.6. The first-order chi connectivity index (χ1) is 19.7. The van der Waals surface area contributed by atoms with E-state index in [-0.39, 0.29) is 41.4 Å². The van der Waals surface area contributed by atoms with E-state index in [1.165, 1.54) is 12.1 Å². The molecule has 1 heterocycles. The van der Waals surface area contributed by atoms with Crippen molar-refractivity contribution >= 4 is 15.9 Å². The number of ether oxygens (including phenoxy) is 2. The number of benzene rings is 2. The van der Waals surface area contributed by atoms with E-state index in [1.54, 1.807) is 35.7 Å². The van der Waals surface area contributed by atoms with Crippen LogP contribution in [0.2, 0.25) is 0 Å². The second kappa shape index (κ2) is 14.6. The van der Waals surface area contributed by atoms with Gasteiger partial charge in [-0.1, -0.05) is 18.6 Å². The number of rotatable bonds is 12. The molecule has 1 saturated heterocycles. The molecule has 1 aliphatic heterocycles. The molecule has 1 amide bonds. The van der Waals surface area contributed by atoms with Crippen LogP contribution in [0.5, 0.6) is 5.75 Å². The second-order valence-corrected chi connectivity index (χ2v) is 13.3. The summed E-state index contributed by atoms with van der Waals surface area (Å²) < 4.78 is 52.5. The number of amides is 1. The van der Waals surface area contributed by atoms with Crippen molar-refractivity contribution in [2.45, 2.75) is 74.4 Å². The number of nitrogens with one attached hydrogen (secondary N) is 1. The van der Waals surface area contributed by atoms with Crippen LogP contribution in [0, 0.1) is 11.7 Å². The van der Waals surface area contributed by atoms with Gasteiger partial charge < -0.3 is 19.7 Å². The molecule has 226 valence electrons. The summed E-state index contributed by atoms with van der Waals surface area (Å²) in [6.07, 6.45) is 6.86. The molecule has 0 bridgehead atoms. The molecule has 2 fully saturated rings. The molecular weight excluding hydrogens is 545 g/mol. The quantitative estimate of drug-likeness (QED) is 0.359. The lowest BCUT2D eigenvalue weighted by Gasteiger charge is -2.37. The molecule has 0 radical (unpaired) electrons. The lowest BCUT2D eigenvalue weighted by molar-refractivity contribution is -0.126. The summed E-state index contributed by atoms with van der Waals surface area (Å²) in [4.78, 5) is 15.1. The van der Waals surface area contributed by atoms with Crippen molar-refractivity contribution in [3.8, 4) is 5.75 Å². The smallest absolute Gasteiger partial charge is 0.246 e. The van der Waals surface area contributed by atoms with E-state index in [1.807, 2.05) is 12.1 Å². The number of piperidine rings is 1. The Morgan fingerprint density at radius 2 is 1.71 bits per heavy atom. The maximum atomic E-state index is 13.4. The third kappa shape index (κ3) is 8.28. The zero-order chi connectivity index (χ0) is 29.4. The van der Waals surface area contributed by atoms with Crippen LogP contribution in [-0.4, -0.2) is 76.6 Å². The standard InChI is InChI=1S/C31H44FN3O5S/c1-34(2)31(23-7-11-25(32)12-8-23)24-9-13-26(14-10-24)33-30(36)22-40-21-19-27-6-4-5-20-35(27)41(37,38)29-17-15-28(39-3)16-18-29/h7-8,11-12,15-18,24,26-27,31H,4-6,9-10,13-14,19-22H2,1-3H3,(H,33,36). The van der Waals surface area contributed by atoms with Gasteiger partial charge in [-0.25, -0.2) is 12.8 Å². The first kappa shape index (κ1) is 31.4. The van der Waals surface area contributed by atoms with Crippen LogP contribution in [0.4, 0.5) is 4.39 Å². The summed E-state index contributed by atoms with van der Waals surface area (Å²) in [5.74, 6) is 0.686. The van der Waals surface area contributed by atoms with E-state index in [0.29, 0.717) is 31.2 Å². The van der Waals surface area contributed by atoms with Gasteiger partial charge in [0.1, 0.15) is 18.2 Å². The van der Waals surface area contributed by atoms with Crippen LogP contribution in [0.15, 0.2) is 53.4 Å². The summed E-state index contributed by atoms with van der Waals surface area (Å²) in [6, 6.07) is 13.4. The van der Waals surface area contributed by atoms with Gasteiger partial charge in [-0.3, -0.25) is 4.79 Å². The van der Waals surface area contributed by atoms with Crippen molar-refractivity contribution in [3.63, 3.8) is 0 Å². The number of sulfonamides is 1. The maximum absolute atomic E-state index is 13.4. The monoisotopic (exact) mass is 589 g/mol. The van der Waals surface area contributed by atoms with E-state index < -0.39 is 10.0 Å². The fraction of sp³-hybridized carbons (Fsp3) is 0.581. The lowest BCUT2D eigenvalue weighted by atomic mass is 9.78. The van der Waals surface area contributed by atoms with Crippen molar-refractivity contribution in [2.75, 3.05) is 41.0 Å². The SMILES string of the molecule is COc1ccc(S(=O)(=O)N2CCCCC2CCOCC(=O)NC2CCC(C(c3ccc(F)cc3)N(C)C)CC2)cc1. The van der Waals surface area contributed by atoms with Crippen LogP contribution in [0.25, 0.3) is 0 Å². The normalized spacial score (nSPS) is 22.8. The number of carbonyl (C=O) groups excluding carboxylic acids is 1. The fourth-order valence-electron chi connectivity index (χ4n) is 6.35. The van der Waals surface area contributed by atoms with Crippen molar-refractivity contribution in [1.82, 2.24) is 14.5 Å². The van der Waals surface area contributed by atoms with Crippen LogP contribution >= 0.6 is 0 Å². The molecule has 1 N–H and O–H groups in total. The van der Waals surface area contributed by atoms with Gasteiger partial charge in [-0.05, 0) is 107 Å². The van der Waals surface area contributed by atoms with Crippen molar-refractivity contribution in [2.24, 2.45) is 5.92 Å². The van der Waals surface area contributed by atoms with Crippen molar-refractivity contribution < 1.29 is 27.1 Å². The summed E-state index contributed by atoms with van der Waals surface area (Å²) in [5.41, 5.74) is 1.12. The van der Waals surface area contributed by atoms with Gasteiger partial charge >= 0.3 is 0 Å². The Kier molecular flexibility index (Phi) is 11.2. The summed E-state index contributed by atoms with van der Waals surface area (Å²) in [6.45, 7) is 0.771. The number of hydrogen-bond acceptors (Lipinski definition) is 6. The Hall–Kier alpha value is -2.53. The predicted octanol–water partition coefficient (Wildman–Crippen LogP) is 4.76. The highest BCUT2D eigenvalue weighted by Gasteiger charge is 2.34. The van der Waals surface area contributed by atoms with Gasteiger partial charge in [0.05, 0.1) is 12.0 Å². The number of hydrogen-bond donors (Lipinski definition) is 1. The van der Waals surface area contributed by atoms with Gasteiger partial charge in [0, 0.05) is 31.3 Å². The predicted molar refractivity (Wildman–Crippen MR) is 157 cm³/mol. The molecule has 10 heteroatoms. The van der Waals surface area contributed by atoms with E-state index in [2.05, 4.69) is 24.3 Å². The molecule has 8 nitrogen and oxygen atoms in total. The third-order valence-electron chi connectivity index (χ3n) is 8.42. The minimum Gasteiger partial charge on any atom is -0.497 e. The largest absolute Gasteiger partial charge is 0.497 e. The number of methoxy groups -OCH3 is 1. The van der Waals surface area contributed by atoms with Gasteiger partial charge in [0.25, 0.3) is 0 Å². The zero-order valence-corrected chi connectivity index (χ0v) is 25.2. The minimum absolute atomic E-state index is 0.0339. The Labute approximate surface area is 244 Å². The molecule has 2 aromatic carbocycles. The number of halogens is 1. The van der Waals surface area contributed by atoms with Gasteiger partial charge in [0.15, 0.2) is 0 Å². The molecule has 1 saturated carbocycles. The molecule has 1 aliphatic carbocycles. The average Bonchev–Trinajstić information content (AvgIpc) is 2.97. The van der Waals surface area contributed by atoms with Crippen molar-refractivity contribution in [1.29, 1.82) is 0 Å². The first-order valence-corrected chi connectivity index (χ1v) is 16.1. The van der Waals surface area contributed by atoms with Crippen LogP contribution in [0.3, 0.4) is 0 Å². The van der Waals surface area contributed by atoms with Crippen LogP contribution in [0.1, 0.15) is 63.0 Å². The highest BCUT2D eigenvalue weighted by molar-refractivity contribution is 7.89. The Bertz CT molecular complexity index is 1220. The summed E-state index contributed by atoms with van der Waals surface area (Å²) >= 11 is 0. The Balaban J connectivity index is 1.20. The molecule has 2 aliphatic rings. The molecule has 0 spiro atoms. The molecule has 41 heavy (non-hydrogen) atoms. The van der Waals surface area contributed by atoms with Crippen LogP contribution < -0.4 is 10.1 Å². The van der Waals surface area contributed by atoms with Crippen molar-refractivity contribution in [3.05, 3.63) is 59.9 Å². The molecule has 2 atom stereocenters. The maximum Gasteiger partial charge on any atom is 0.246 e. The number of nitrogens with zero attached hydrogens (tertiary/aromatic N) is 2. The highest BCUT2D eigenvalue weighted by Crippen LogP contribution is 2.37. The van der Waals surface area contributed by atoms with Gasteiger partial charge in [0.2, 0.25) is 15.9 Å². The van der Waals surface area contributed by atoms with E-state index in [9.17, 15) is 17.6 Å². The summed E-state index contributed by atoms with van der Waals surface area (Å²) in [7, 11) is 2.04. The molecule has 4 rings (SSSR count). The Morgan fingerprint density at radius 1 is 1.02 bits per heavy atom. The molecular formula is C31H44FN3O5S. The van der Waals surface area contributed by atoms with Gasteiger partial charge in [-0.2, -0.15) is 4.31 Å². The number of carbonyl (C=O) groups is 1. The zero-order valence-electron chi connectivity index (χ0n) is 24.4. The minimum atomic E-state index is -3.62. The highest BCUT2D eigenvalue weighted by atomic mass is 32.2. The third-order valence-corrected chi connectivity index (χ3v) is 10.4. The van der Waals surface area contributed by atoms with Gasteiger partial charge in [-0.15, -0.1) is 0 Å². The molecule has 2 unspecified atom stereocenters. The molecule has 0 aromatic heterocycles. The molecule has 2 aromatic rings. The Morgan fingerprint density at radius 3 is 2.34 bits per heavy atom. The summed E-state index contributed by atoms with van der Waals surface area (Å²) in [5, 5.41) is 3.11. The fourth-order valence-corrected chi connectivity index (χ4v) is 8.07.